The number of hydrogen-bond acceptors (Lipinski definition) is 5. The minimum Gasteiger partial charge on any atom is -0.465 e. The van der Waals surface area contributed by atoms with Crippen LogP contribution in [-0.2, 0) is 28.7 Å². The number of carboxylic acid groups (broad SMARTS) is 1. The van der Waals surface area contributed by atoms with Gasteiger partial charge in [-0.1, -0.05) is 91.0 Å². The maximum atomic E-state index is 13.3. The van der Waals surface area contributed by atoms with Gasteiger partial charge in [-0.05, 0) is 95.5 Å². The number of carbonyl (C=O) groups is 2. The molecule has 48 heavy (non-hydrogen) atoms. The number of rotatable bonds is 10. The van der Waals surface area contributed by atoms with Gasteiger partial charge in [0.05, 0.1) is 11.6 Å². The van der Waals surface area contributed by atoms with Crippen molar-refractivity contribution in [1.82, 2.24) is 15.2 Å². The summed E-state index contributed by atoms with van der Waals surface area (Å²) >= 11 is 0. The summed E-state index contributed by atoms with van der Waals surface area (Å²) in [5.41, 5.74) is 3.20. The van der Waals surface area contributed by atoms with Gasteiger partial charge in [-0.2, -0.15) is 0 Å². The second kappa shape index (κ2) is 14.2. The molecule has 2 amide bonds. The van der Waals surface area contributed by atoms with Crippen LogP contribution in [0.3, 0.4) is 0 Å². The number of ether oxygens (including phenoxy) is 2. The fourth-order valence-electron chi connectivity index (χ4n) is 6.91. The second-order valence-electron chi connectivity index (χ2n) is 14.3. The Balaban J connectivity index is 1.56. The summed E-state index contributed by atoms with van der Waals surface area (Å²) < 4.78 is 12.5. The smallest absolute Gasteiger partial charge is 0.410 e. The van der Waals surface area contributed by atoms with E-state index in [1.807, 2.05) is 121 Å². The van der Waals surface area contributed by atoms with Crippen LogP contribution >= 0.6 is 0 Å². The average molecular weight is 650 g/mol. The highest BCUT2D eigenvalue weighted by atomic mass is 16.6. The van der Waals surface area contributed by atoms with Gasteiger partial charge in [-0.15, -0.1) is 0 Å². The summed E-state index contributed by atoms with van der Waals surface area (Å²) in [6, 6.07) is 31.8. The number of aryl methyl sites for hydroxylation is 1. The Kier molecular flexibility index (Phi) is 10.2. The first kappa shape index (κ1) is 34.6. The Morgan fingerprint density at radius 2 is 1.44 bits per heavy atom. The molecule has 0 bridgehead atoms. The lowest BCUT2D eigenvalue weighted by atomic mass is 9.76. The van der Waals surface area contributed by atoms with Crippen molar-refractivity contribution in [1.29, 1.82) is 0 Å². The number of hydrogen-bond donors (Lipinski definition) is 2. The lowest BCUT2D eigenvalue weighted by Crippen LogP contribution is -2.60. The largest absolute Gasteiger partial charge is 0.465 e. The molecule has 1 saturated heterocycles. The first-order valence-electron chi connectivity index (χ1n) is 16.5. The normalized spacial score (nSPS) is 19.5. The molecule has 2 heterocycles. The molecule has 1 aliphatic rings. The zero-order valence-electron chi connectivity index (χ0n) is 28.8. The van der Waals surface area contributed by atoms with Gasteiger partial charge in [-0.25, -0.2) is 9.59 Å². The van der Waals surface area contributed by atoms with Crippen molar-refractivity contribution in [2.24, 2.45) is 0 Å². The molecule has 0 unspecified atom stereocenters. The van der Waals surface area contributed by atoms with Crippen LogP contribution < -0.4 is 5.32 Å². The summed E-state index contributed by atoms with van der Waals surface area (Å²) in [5.74, 6) is 0. The minimum atomic E-state index is -1.14. The highest BCUT2D eigenvalue weighted by Gasteiger charge is 2.60. The Bertz CT molecular complexity index is 1670. The topological polar surface area (TPSA) is 101 Å². The number of nitrogens with one attached hydrogen (secondary N) is 1. The monoisotopic (exact) mass is 649 g/mol. The predicted molar refractivity (Wildman–Crippen MR) is 188 cm³/mol. The average Bonchev–Trinajstić information content (AvgIpc) is 3.22. The molecule has 0 saturated carbocycles. The first-order valence-corrected chi connectivity index (χ1v) is 16.5. The number of benzene rings is 3. The third kappa shape index (κ3) is 8.42. The van der Waals surface area contributed by atoms with Gasteiger partial charge < -0.3 is 19.9 Å². The standard InChI is InChI=1S/C40H47N3O5/c1-28-17-20-33(27-41-28)32-21-18-31(19-22-32)26-40(25-30-15-11-8-12-16-30)35(47-39(5,6)43(40)37(45)46)24-34(23-29-13-9-7-10-14-29)42-36(44)48-38(2,3)4/h7-22,27,34-35H,23-26H2,1-6H3,(H,42,44)(H,45,46)/t34-,35-,40-/m0/s1. The van der Waals surface area contributed by atoms with Gasteiger partial charge in [-0.3, -0.25) is 9.88 Å². The van der Waals surface area contributed by atoms with Crippen molar-refractivity contribution in [2.75, 3.05) is 0 Å². The van der Waals surface area contributed by atoms with E-state index in [9.17, 15) is 14.7 Å². The van der Waals surface area contributed by atoms with Crippen LogP contribution in [0.4, 0.5) is 9.59 Å². The molecular weight excluding hydrogens is 602 g/mol. The van der Waals surface area contributed by atoms with Gasteiger partial charge in [0.25, 0.3) is 0 Å². The summed E-state index contributed by atoms with van der Waals surface area (Å²) in [6.45, 7) is 11.1. The van der Waals surface area contributed by atoms with Gasteiger partial charge in [0.2, 0.25) is 0 Å². The van der Waals surface area contributed by atoms with E-state index < -0.39 is 41.2 Å². The lowest BCUT2D eigenvalue weighted by molar-refractivity contribution is -0.0697. The van der Waals surface area contributed by atoms with Crippen molar-refractivity contribution in [2.45, 2.75) is 96.2 Å². The Labute approximate surface area is 284 Å². The van der Waals surface area contributed by atoms with Crippen LogP contribution in [0.25, 0.3) is 11.1 Å². The number of amides is 2. The Morgan fingerprint density at radius 1 is 0.875 bits per heavy atom. The van der Waals surface area contributed by atoms with Crippen molar-refractivity contribution in [3.63, 3.8) is 0 Å². The molecule has 0 aliphatic carbocycles. The van der Waals surface area contributed by atoms with Crippen LogP contribution in [0, 0.1) is 6.92 Å². The van der Waals surface area contributed by atoms with Crippen molar-refractivity contribution in [3.05, 3.63) is 126 Å². The molecule has 1 aliphatic heterocycles. The zero-order valence-corrected chi connectivity index (χ0v) is 28.8. The maximum Gasteiger partial charge on any atom is 0.410 e. The van der Waals surface area contributed by atoms with E-state index >= 15 is 0 Å². The Morgan fingerprint density at radius 3 is 1.98 bits per heavy atom. The Hall–Kier alpha value is -4.69. The van der Waals surface area contributed by atoms with E-state index in [-0.39, 0.29) is 0 Å². The molecule has 2 N–H and O–H groups in total. The van der Waals surface area contributed by atoms with E-state index in [4.69, 9.17) is 9.47 Å². The van der Waals surface area contributed by atoms with Crippen LogP contribution in [0.5, 0.6) is 0 Å². The van der Waals surface area contributed by atoms with Gasteiger partial charge in [0, 0.05) is 23.5 Å². The molecule has 1 aromatic heterocycles. The highest BCUT2D eigenvalue weighted by Crippen LogP contribution is 2.46. The third-order valence-corrected chi connectivity index (χ3v) is 8.81. The summed E-state index contributed by atoms with van der Waals surface area (Å²) in [4.78, 5) is 32.4. The third-order valence-electron chi connectivity index (χ3n) is 8.81. The minimum absolute atomic E-state index is 0.362. The zero-order chi connectivity index (χ0) is 34.5. The van der Waals surface area contributed by atoms with Crippen molar-refractivity contribution < 1.29 is 24.2 Å². The number of alkyl carbamates (subject to hydrolysis) is 1. The number of carbonyl (C=O) groups excluding carboxylic acids is 1. The molecule has 0 spiro atoms. The van der Waals surface area contributed by atoms with Crippen LogP contribution in [-0.4, -0.2) is 56.2 Å². The van der Waals surface area contributed by atoms with Crippen LogP contribution in [0.1, 0.15) is 63.4 Å². The molecule has 1 fully saturated rings. The fourth-order valence-corrected chi connectivity index (χ4v) is 6.91. The van der Waals surface area contributed by atoms with E-state index in [2.05, 4.69) is 34.6 Å². The number of pyridine rings is 1. The van der Waals surface area contributed by atoms with Gasteiger partial charge in [0.15, 0.2) is 0 Å². The lowest BCUT2D eigenvalue weighted by Gasteiger charge is -2.43. The SMILES string of the molecule is Cc1ccc(-c2ccc(C[C@@]3(Cc4ccccc4)[C@H](C[C@H](Cc4ccccc4)NC(=O)OC(C)(C)C)OC(C)(C)N3C(=O)O)cc2)cn1. The summed E-state index contributed by atoms with van der Waals surface area (Å²) in [6.07, 6.45) is 1.41. The van der Waals surface area contributed by atoms with Crippen LogP contribution in [0.15, 0.2) is 103 Å². The molecule has 3 aromatic carbocycles. The fraction of sp³-hybridized carbons (Fsp3) is 0.375. The van der Waals surface area contributed by atoms with Gasteiger partial charge >= 0.3 is 12.2 Å². The summed E-state index contributed by atoms with van der Waals surface area (Å²) in [5, 5.41) is 14.0. The summed E-state index contributed by atoms with van der Waals surface area (Å²) in [7, 11) is 0. The molecule has 8 nitrogen and oxygen atoms in total. The van der Waals surface area contributed by atoms with E-state index in [0.717, 1.165) is 33.5 Å². The molecule has 252 valence electrons. The van der Waals surface area contributed by atoms with Crippen LogP contribution in [0.2, 0.25) is 0 Å². The van der Waals surface area contributed by atoms with E-state index in [1.165, 1.54) is 4.90 Å². The first-order chi connectivity index (χ1) is 22.7. The molecule has 3 atom stereocenters. The van der Waals surface area contributed by atoms with E-state index in [1.54, 1.807) is 0 Å². The predicted octanol–water partition coefficient (Wildman–Crippen LogP) is 8.22. The molecule has 8 heteroatoms. The second-order valence-corrected chi connectivity index (χ2v) is 14.3. The van der Waals surface area contributed by atoms with Crippen molar-refractivity contribution >= 4 is 12.2 Å². The molecule has 4 aromatic rings. The quantitative estimate of drug-likeness (QED) is 0.180. The van der Waals surface area contributed by atoms with E-state index in [0.29, 0.717) is 25.7 Å². The number of nitrogens with zero attached hydrogens (tertiary/aromatic N) is 2. The molecule has 5 rings (SSSR count). The number of aromatic nitrogens is 1. The van der Waals surface area contributed by atoms with Gasteiger partial charge in [0.1, 0.15) is 11.3 Å². The molecule has 0 radical (unpaired) electrons. The maximum absolute atomic E-state index is 13.3. The van der Waals surface area contributed by atoms with Crippen molar-refractivity contribution in [3.8, 4) is 11.1 Å². The molecular formula is C40H47N3O5. The highest BCUT2D eigenvalue weighted by molar-refractivity contribution is 5.69.